The Morgan fingerprint density at radius 3 is 2.40 bits per heavy atom. The second-order valence-corrected chi connectivity index (χ2v) is 22.7. The zero-order chi connectivity index (χ0) is 56.4. The number of imide groups is 1. The molecule has 0 radical (unpaired) electrons. The molecule has 1 unspecified atom stereocenters. The van der Waals surface area contributed by atoms with Crippen molar-refractivity contribution in [2.75, 3.05) is 13.1 Å². The number of ketones is 1. The normalized spacial score (nSPS) is 22.3. The first-order chi connectivity index (χ1) is 38.4. The van der Waals surface area contributed by atoms with E-state index in [2.05, 4.69) is 32.8 Å². The minimum absolute atomic E-state index is 0.0491. The maximum atomic E-state index is 14.8. The number of benzene rings is 3. The number of nitrogens with one attached hydrogen (secondary N) is 4. The molecule has 4 aromatic rings. The van der Waals surface area contributed by atoms with E-state index in [4.69, 9.17) is 5.73 Å². The van der Waals surface area contributed by atoms with Gasteiger partial charge in [-0.05, 0) is 117 Å². The van der Waals surface area contributed by atoms with Crippen LogP contribution in [0.4, 0.5) is 8.78 Å². The Bertz CT molecular complexity index is 3200. The van der Waals surface area contributed by atoms with Gasteiger partial charge in [0.2, 0.25) is 35.4 Å². The molecule has 420 valence electrons. The number of hydrogen-bond acceptors (Lipinski definition) is 9. The predicted molar refractivity (Wildman–Crippen MR) is 290 cm³/mol. The van der Waals surface area contributed by atoms with E-state index < -0.39 is 77.4 Å². The van der Waals surface area contributed by atoms with Gasteiger partial charge in [-0.15, -0.1) is 0 Å². The molecular weight excluding hydrogens is 1030 g/mol. The average Bonchev–Trinajstić information content (AvgIpc) is 4.18. The summed E-state index contributed by atoms with van der Waals surface area (Å²) in [6, 6.07) is 13.8. The molecule has 0 spiro atoms. The van der Waals surface area contributed by atoms with Crippen molar-refractivity contribution in [1.29, 1.82) is 0 Å². The van der Waals surface area contributed by atoms with Gasteiger partial charge in [-0.1, -0.05) is 67.5 Å². The lowest BCUT2D eigenvalue weighted by molar-refractivity contribution is -0.144. The quantitative estimate of drug-likeness (QED) is 0.0615. The van der Waals surface area contributed by atoms with Crippen LogP contribution >= 0.6 is 0 Å². The molecule has 4 fully saturated rings. The number of halogens is 2. The van der Waals surface area contributed by atoms with Crippen LogP contribution in [0.1, 0.15) is 164 Å². The number of aromatic nitrogens is 1. The zero-order valence-electron chi connectivity index (χ0n) is 45.0. The van der Waals surface area contributed by atoms with Crippen molar-refractivity contribution >= 4 is 63.9 Å². The third-order valence-electron chi connectivity index (χ3n) is 17.5. The fraction of sp³-hybridized carbons (Fsp3) is 0.492. The van der Waals surface area contributed by atoms with E-state index in [0.29, 0.717) is 48.3 Å². The highest BCUT2D eigenvalue weighted by Crippen LogP contribution is 2.42. The van der Waals surface area contributed by atoms with Crippen LogP contribution in [0.15, 0.2) is 66.7 Å². The first kappa shape index (κ1) is 55.6. The van der Waals surface area contributed by atoms with Crippen molar-refractivity contribution in [2.45, 2.75) is 159 Å². The molecule has 1 aliphatic carbocycles. The highest BCUT2D eigenvalue weighted by Gasteiger charge is 2.48. The molecule has 8 amide bonds. The third-order valence-corrected chi connectivity index (χ3v) is 17.5. The number of H-pyrrole nitrogens is 1. The Hall–Kier alpha value is -7.75. The standard InChI is InChI=1S/C61H68F2N8O9/c1-61(62,63)40-18-19-45-39(30-40)32-47(65-45)55(75)67-48-31-38-14-7-8-16-41(38)49-21-22-51(71(49)60(48)80)57(77)66-46(20-24-53(64)73)52(72)33-43(36-11-3-2-4-12-36)58(78)69-28-26-35(27-29-69)10-5-6-13-37-15-9-17-42-44(37)34-70(59(42)79)50-23-25-54(74)68-56(50)76/h7-9,14-19,30,32,35-36,43,46,48-51,65H,2-5,10-12,20-29,31,33-34H2,1H3,(H2,64,73)(H,66,77)(H,67,75)(H,68,74,76)/t43-,46-,48+,49+,50?,51-/m0/s1. The Labute approximate surface area is 462 Å². The number of alkyl halides is 2. The number of amides is 8. The van der Waals surface area contributed by atoms with E-state index in [1.807, 2.05) is 35.2 Å². The van der Waals surface area contributed by atoms with E-state index in [0.717, 1.165) is 80.5 Å². The van der Waals surface area contributed by atoms with Crippen molar-refractivity contribution in [2.24, 2.45) is 23.5 Å². The summed E-state index contributed by atoms with van der Waals surface area (Å²) in [5.74, 6) is -0.879. The van der Waals surface area contributed by atoms with Crippen LogP contribution in [0.2, 0.25) is 0 Å². The van der Waals surface area contributed by atoms with Crippen LogP contribution < -0.4 is 21.7 Å². The molecule has 6 N–H and O–H groups in total. The molecule has 10 rings (SSSR count). The van der Waals surface area contributed by atoms with Crippen molar-refractivity contribution in [3.63, 3.8) is 0 Å². The average molecular weight is 1100 g/mol. The largest absolute Gasteiger partial charge is 0.370 e. The summed E-state index contributed by atoms with van der Waals surface area (Å²) in [7, 11) is 0. The molecular formula is C61H68F2N8O9. The molecule has 5 aliphatic heterocycles. The number of fused-ring (bicyclic) bond motifs is 5. The Morgan fingerprint density at radius 1 is 0.875 bits per heavy atom. The van der Waals surface area contributed by atoms with E-state index in [9.17, 15) is 51.9 Å². The summed E-state index contributed by atoms with van der Waals surface area (Å²) in [6.45, 7) is 2.06. The van der Waals surface area contributed by atoms with Gasteiger partial charge in [-0.3, -0.25) is 48.5 Å². The molecule has 6 heterocycles. The third kappa shape index (κ3) is 11.9. The van der Waals surface area contributed by atoms with E-state index in [-0.39, 0.29) is 86.4 Å². The number of primary amides is 1. The highest BCUT2D eigenvalue weighted by atomic mass is 19.3. The number of likely N-dealkylation sites (tertiary alicyclic amines) is 1. The second kappa shape index (κ2) is 23.5. The van der Waals surface area contributed by atoms with Gasteiger partial charge in [0.15, 0.2) is 5.78 Å². The molecule has 1 saturated carbocycles. The summed E-state index contributed by atoms with van der Waals surface area (Å²) < 4.78 is 28.3. The fourth-order valence-electron chi connectivity index (χ4n) is 13.1. The van der Waals surface area contributed by atoms with Gasteiger partial charge in [0.1, 0.15) is 23.8 Å². The van der Waals surface area contributed by atoms with E-state index in [1.165, 1.54) is 34.1 Å². The number of hydrogen-bond donors (Lipinski definition) is 5. The number of nitrogens with two attached hydrogens (primary N) is 1. The molecule has 6 atom stereocenters. The highest BCUT2D eigenvalue weighted by molar-refractivity contribution is 6.06. The number of nitrogens with zero attached hydrogens (tertiary/aromatic N) is 3. The van der Waals surface area contributed by atoms with Crippen LogP contribution in [-0.2, 0) is 52.4 Å². The van der Waals surface area contributed by atoms with Gasteiger partial charge in [-0.25, -0.2) is 8.78 Å². The zero-order valence-corrected chi connectivity index (χ0v) is 45.0. The van der Waals surface area contributed by atoms with Crippen LogP contribution in [0, 0.1) is 29.6 Å². The molecule has 0 bridgehead atoms. The monoisotopic (exact) mass is 1090 g/mol. The SMILES string of the molecule is CC(F)(F)c1ccc2[nH]c(C(=O)N[C@@H]3Cc4ccccc4[C@H]4CC[C@@H](C(=O)N[C@@H](CCC(N)=O)C(=O)C[C@H](C(=O)N5CCC(CCC#Cc6cccc7c6CN(C6CCC(=O)NC6=O)C7=O)CC5)C5CCCCC5)N4C3=O)cc2c1. The van der Waals surface area contributed by atoms with Gasteiger partial charge in [-0.2, -0.15) is 0 Å². The van der Waals surface area contributed by atoms with Crippen molar-refractivity contribution < 1.29 is 51.9 Å². The summed E-state index contributed by atoms with van der Waals surface area (Å²) in [4.78, 5) is 130. The summed E-state index contributed by atoms with van der Waals surface area (Å²) >= 11 is 0. The van der Waals surface area contributed by atoms with Gasteiger partial charge in [0, 0.05) is 92.2 Å². The maximum Gasteiger partial charge on any atom is 0.270 e. The molecule has 19 heteroatoms. The molecule has 1 aromatic heterocycles. The summed E-state index contributed by atoms with van der Waals surface area (Å²) in [6.07, 6.45) is 8.15. The Balaban J connectivity index is 0.784. The molecule has 6 aliphatic rings. The van der Waals surface area contributed by atoms with Crippen LogP contribution in [0.5, 0.6) is 0 Å². The molecule has 17 nitrogen and oxygen atoms in total. The predicted octanol–water partition coefficient (Wildman–Crippen LogP) is 6.40. The number of aromatic amines is 1. The van der Waals surface area contributed by atoms with Gasteiger partial charge in [0.25, 0.3) is 17.7 Å². The second-order valence-electron chi connectivity index (χ2n) is 22.7. The number of piperidine rings is 2. The number of rotatable bonds is 16. The first-order valence-electron chi connectivity index (χ1n) is 28.3. The van der Waals surface area contributed by atoms with Gasteiger partial charge >= 0.3 is 0 Å². The lowest BCUT2D eigenvalue weighted by atomic mass is 9.76. The van der Waals surface area contributed by atoms with E-state index >= 15 is 0 Å². The Kier molecular flexibility index (Phi) is 16.3. The fourth-order valence-corrected chi connectivity index (χ4v) is 13.1. The number of carbonyl (C=O) groups is 9. The van der Waals surface area contributed by atoms with Crippen LogP contribution in [0.25, 0.3) is 10.9 Å². The van der Waals surface area contributed by atoms with Gasteiger partial charge < -0.3 is 36.1 Å². The van der Waals surface area contributed by atoms with Crippen molar-refractivity contribution in [3.05, 3.63) is 106 Å². The topological polar surface area (TPSA) is 241 Å². The molecule has 80 heavy (non-hydrogen) atoms. The van der Waals surface area contributed by atoms with Gasteiger partial charge in [0.05, 0.1) is 12.1 Å². The number of Topliss-reactive ketones (excluding diaryl/α,β-unsaturated/α-hetero) is 1. The van der Waals surface area contributed by atoms with Crippen molar-refractivity contribution in [1.82, 2.24) is 35.6 Å². The minimum Gasteiger partial charge on any atom is -0.370 e. The molecule has 3 aromatic carbocycles. The number of carbonyl (C=O) groups excluding carboxylic acids is 9. The lowest BCUT2D eigenvalue weighted by Gasteiger charge is -2.37. The Morgan fingerprint density at radius 2 is 1.65 bits per heavy atom. The minimum atomic E-state index is -3.09. The van der Waals surface area contributed by atoms with Crippen molar-refractivity contribution in [3.8, 4) is 11.8 Å². The summed E-state index contributed by atoms with van der Waals surface area (Å²) in [5, 5.41) is 8.49. The smallest absolute Gasteiger partial charge is 0.270 e. The van der Waals surface area contributed by atoms with Crippen LogP contribution in [-0.4, -0.2) is 110 Å². The first-order valence-corrected chi connectivity index (χ1v) is 28.3. The lowest BCUT2D eigenvalue weighted by Crippen LogP contribution is -2.55. The maximum absolute atomic E-state index is 14.8. The van der Waals surface area contributed by atoms with Crippen LogP contribution in [0.3, 0.4) is 0 Å². The molecule has 3 saturated heterocycles. The van der Waals surface area contributed by atoms with E-state index in [1.54, 1.807) is 12.1 Å². The summed E-state index contributed by atoms with van der Waals surface area (Å²) in [5.41, 5.74) is 9.57.